The molecule has 6 heteroatoms. The molecule has 100 valence electrons. The van der Waals surface area contributed by atoms with Crippen LogP contribution in [0.4, 0.5) is 5.69 Å². The van der Waals surface area contributed by atoms with Gasteiger partial charge < -0.3 is 9.73 Å². The normalized spacial score (nSPS) is 10.4. The summed E-state index contributed by atoms with van der Waals surface area (Å²) in [5, 5.41) is 5.22. The van der Waals surface area contributed by atoms with E-state index in [1.807, 2.05) is 13.0 Å². The Morgan fingerprint density at radius 3 is 3.05 bits per heavy atom. The number of carbonyl (C=O) groups excluding carboxylic acids is 1. The predicted molar refractivity (Wildman–Crippen MR) is 76.7 cm³/mol. The van der Waals surface area contributed by atoms with Crippen molar-refractivity contribution in [1.29, 1.82) is 0 Å². The zero-order chi connectivity index (χ0) is 13.9. The number of thiazole rings is 1. The number of nitrogens with zero attached hydrogens (tertiary/aromatic N) is 2. The van der Waals surface area contributed by atoms with Gasteiger partial charge in [-0.1, -0.05) is 0 Å². The van der Waals surface area contributed by atoms with Crippen LogP contribution in [0.25, 0.3) is 10.8 Å². The molecule has 5 nitrogen and oxygen atoms in total. The number of furan rings is 1. The Bertz CT molecular complexity index is 734. The quantitative estimate of drug-likeness (QED) is 0.801. The van der Waals surface area contributed by atoms with Crippen molar-refractivity contribution in [2.75, 3.05) is 5.32 Å². The van der Waals surface area contributed by atoms with Crippen LogP contribution < -0.4 is 5.32 Å². The molecule has 0 aromatic carbocycles. The lowest BCUT2D eigenvalue weighted by atomic mass is 10.2. The van der Waals surface area contributed by atoms with E-state index < -0.39 is 0 Å². The molecular weight excluding hydrogens is 274 g/mol. The summed E-state index contributed by atoms with van der Waals surface area (Å²) in [6.45, 7) is 1.89. The number of carbonyl (C=O) groups is 1. The summed E-state index contributed by atoms with van der Waals surface area (Å²) in [6.07, 6.45) is 4.92. The first kappa shape index (κ1) is 12.6. The lowest BCUT2D eigenvalue weighted by Crippen LogP contribution is -2.13. The number of hydrogen-bond acceptors (Lipinski definition) is 5. The highest BCUT2D eigenvalue weighted by molar-refractivity contribution is 7.13. The van der Waals surface area contributed by atoms with Gasteiger partial charge in [0.05, 0.1) is 6.26 Å². The molecule has 3 aromatic rings. The molecule has 0 saturated carbocycles. The summed E-state index contributed by atoms with van der Waals surface area (Å²) in [6, 6.07) is 5.36. The summed E-state index contributed by atoms with van der Waals surface area (Å²) in [7, 11) is 0. The first-order valence-corrected chi connectivity index (χ1v) is 6.83. The molecule has 3 rings (SSSR count). The van der Waals surface area contributed by atoms with Gasteiger partial charge in [-0.05, 0) is 30.7 Å². The number of anilines is 1. The number of aromatic nitrogens is 2. The van der Waals surface area contributed by atoms with E-state index in [-0.39, 0.29) is 5.91 Å². The Morgan fingerprint density at radius 2 is 2.30 bits per heavy atom. The molecule has 0 aliphatic rings. The number of nitrogens with one attached hydrogen (secondary N) is 1. The summed E-state index contributed by atoms with van der Waals surface area (Å²) in [4.78, 5) is 20.4. The highest BCUT2D eigenvalue weighted by Crippen LogP contribution is 2.24. The molecule has 0 aliphatic heterocycles. The highest BCUT2D eigenvalue weighted by atomic mass is 32.1. The molecule has 0 atom stereocenters. The summed E-state index contributed by atoms with van der Waals surface area (Å²) in [5.41, 5.74) is 2.01. The van der Waals surface area contributed by atoms with Crippen LogP contribution in [0.2, 0.25) is 0 Å². The van der Waals surface area contributed by atoms with E-state index in [4.69, 9.17) is 4.42 Å². The van der Waals surface area contributed by atoms with Crippen LogP contribution in [-0.4, -0.2) is 15.9 Å². The van der Waals surface area contributed by atoms with Gasteiger partial charge >= 0.3 is 0 Å². The summed E-state index contributed by atoms with van der Waals surface area (Å²) < 4.78 is 5.26. The second-order valence-electron chi connectivity index (χ2n) is 4.16. The van der Waals surface area contributed by atoms with E-state index in [9.17, 15) is 4.79 Å². The van der Waals surface area contributed by atoms with Gasteiger partial charge in [0.25, 0.3) is 5.91 Å². The standard InChI is InChI=1S/C14H11N3O2S/c1-9-7-15-5-4-10(9)16-13(18)11-8-20-14(17-11)12-3-2-6-19-12/h2-8H,1H3,(H,15,16,18). The maximum absolute atomic E-state index is 12.1. The Kier molecular flexibility index (Phi) is 3.30. The van der Waals surface area contributed by atoms with E-state index in [1.165, 1.54) is 11.3 Å². The van der Waals surface area contributed by atoms with E-state index in [0.717, 1.165) is 11.3 Å². The van der Waals surface area contributed by atoms with Crippen molar-refractivity contribution in [3.63, 3.8) is 0 Å². The predicted octanol–water partition coefficient (Wildman–Crippen LogP) is 3.36. The second-order valence-corrected chi connectivity index (χ2v) is 5.02. The van der Waals surface area contributed by atoms with Crippen molar-refractivity contribution in [1.82, 2.24) is 9.97 Å². The Hall–Kier alpha value is -2.47. The minimum atomic E-state index is -0.242. The molecule has 0 bridgehead atoms. The Labute approximate surface area is 119 Å². The van der Waals surface area contributed by atoms with E-state index >= 15 is 0 Å². The number of aryl methyl sites for hydroxylation is 1. The minimum Gasteiger partial charge on any atom is -0.462 e. The molecule has 0 fully saturated rings. The monoisotopic (exact) mass is 285 g/mol. The first-order valence-electron chi connectivity index (χ1n) is 5.95. The molecule has 0 saturated heterocycles. The van der Waals surface area contributed by atoms with E-state index in [1.54, 1.807) is 36.2 Å². The maximum Gasteiger partial charge on any atom is 0.275 e. The van der Waals surface area contributed by atoms with Crippen LogP contribution in [0.1, 0.15) is 16.1 Å². The first-order chi connectivity index (χ1) is 9.74. The van der Waals surface area contributed by atoms with Crippen molar-refractivity contribution < 1.29 is 9.21 Å². The van der Waals surface area contributed by atoms with Gasteiger partial charge in [-0.25, -0.2) is 4.98 Å². The third-order valence-electron chi connectivity index (χ3n) is 2.74. The lowest BCUT2D eigenvalue weighted by Gasteiger charge is -2.05. The van der Waals surface area contributed by atoms with Gasteiger partial charge in [0, 0.05) is 23.5 Å². The van der Waals surface area contributed by atoms with Gasteiger partial charge in [0.1, 0.15) is 5.69 Å². The number of hydrogen-bond donors (Lipinski definition) is 1. The number of pyridine rings is 1. The van der Waals surface area contributed by atoms with Crippen LogP contribution in [-0.2, 0) is 0 Å². The van der Waals surface area contributed by atoms with Crippen LogP contribution in [0.5, 0.6) is 0 Å². The van der Waals surface area contributed by atoms with Gasteiger partial charge in [-0.15, -0.1) is 11.3 Å². The van der Waals surface area contributed by atoms with Crippen molar-refractivity contribution >= 4 is 22.9 Å². The average Bonchev–Trinajstić information content (AvgIpc) is 3.11. The Balaban J connectivity index is 1.80. The number of rotatable bonds is 3. The van der Waals surface area contributed by atoms with Gasteiger partial charge in [0.2, 0.25) is 0 Å². The molecule has 1 amide bonds. The largest absolute Gasteiger partial charge is 0.462 e. The molecule has 0 spiro atoms. The molecule has 3 aromatic heterocycles. The van der Waals surface area contributed by atoms with Crippen molar-refractivity contribution in [3.8, 4) is 10.8 Å². The SMILES string of the molecule is Cc1cnccc1NC(=O)c1csc(-c2ccco2)n1. The average molecular weight is 285 g/mol. The van der Waals surface area contributed by atoms with Gasteiger partial charge in [0.15, 0.2) is 10.8 Å². The van der Waals surface area contributed by atoms with Crippen molar-refractivity contribution in [2.24, 2.45) is 0 Å². The van der Waals surface area contributed by atoms with E-state index in [2.05, 4.69) is 15.3 Å². The maximum atomic E-state index is 12.1. The third kappa shape index (κ3) is 2.46. The van der Waals surface area contributed by atoms with Crippen LogP contribution in [0.3, 0.4) is 0 Å². The molecule has 1 N–H and O–H groups in total. The molecule has 0 aliphatic carbocycles. The summed E-state index contributed by atoms with van der Waals surface area (Å²) in [5.74, 6) is 0.419. The fourth-order valence-corrected chi connectivity index (χ4v) is 2.46. The summed E-state index contributed by atoms with van der Waals surface area (Å²) >= 11 is 1.37. The fraction of sp³-hybridized carbons (Fsp3) is 0.0714. The fourth-order valence-electron chi connectivity index (χ4n) is 1.69. The third-order valence-corrected chi connectivity index (χ3v) is 3.59. The molecule has 20 heavy (non-hydrogen) atoms. The molecule has 0 unspecified atom stereocenters. The van der Waals surface area contributed by atoms with Crippen molar-refractivity contribution in [3.05, 3.63) is 53.5 Å². The Morgan fingerprint density at radius 1 is 1.40 bits per heavy atom. The van der Waals surface area contributed by atoms with Crippen LogP contribution in [0, 0.1) is 6.92 Å². The second kappa shape index (κ2) is 5.26. The van der Waals surface area contributed by atoms with Crippen molar-refractivity contribution in [2.45, 2.75) is 6.92 Å². The zero-order valence-electron chi connectivity index (χ0n) is 10.7. The van der Waals surface area contributed by atoms with Gasteiger partial charge in [-0.3, -0.25) is 9.78 Å². The van der Waals surface area contributed by atoms with Crippen LogP contribution in [0.15, 0.2) is 46.7 Å². The number of amides is 1. The minimum absolute atomic E-state index is 0.242. The molecule has 3 heterocycles. The zero-order valence-corrected chi connectivity index (χ0v) is 11.5. The smallest absolute Gasteiger partial charge is 0.275 e. The lowest BCUT2D eigenvalue weighted by molar-refractivity contribution is 0.102. The van der Waals surface area contributed by atoms with E-state index in [0.29, 0.717) is 16.5 Å². The highest BCUT2D eigenvalue weighted by Gasteiger charge is 2.14. The van der Waals surface area contributed by atoms with Gasteiger partial charge in [-0.2, -0.15) is 0 Å². The molecular formula is C14H11N3O2S. The van der Waals surface area contributed by atoms with Crippen LogP contribution >= 0.6 is 11.3 Å². The molecule has 0 radical (unpaired) electrons. The topological polar surface area (TPSA) is 68.0 Å².